The molecule has 1 aliphatic carbocycles. The molecule has 1 aliphatic rings. The summed E-state index contributed by atoms with van der Waals surface area (Å²) in [7, 11) is -1.19. The van der Waals surface area contributed by atoms with E-state index in [-0.39, 0.29) is 5.41 Å². The number of ketones is 1. The van der Waals surface area contributed by atoms with Crippen molar-refractivity contribution in [3.8, 4) is 0 Å². The standard InChI is InChI=1S/C25H40O2Si/c1-25(2,3)22(16-10-9-14-20-12-7-6-8-13-20)19-24(27-28(4)5)21-15-11-17-23(26)18-21/h6-8,12-13,19,21-22,28H,9-11,14-18H2,1-5H3. The fourth-order valence-corrected chi connectivity index (χ4v) is 4.93. The lowest BCUT2D eigenvalue weighted by Crippen LogP contribution is -2.25. The van der Waals surface area contributed by atoms with E-state index in [2.05, 4.69) is 70.3 Å². The second kappa shape index (κ2) is 11.0. The number of carbonyl (C=O) groups excluding carboxylic acids is 1. The first-order valence-electron chi connectivity index (χ1n) is 11.2. The van der Waals surface area contributed by atoms with Crippen LogP contribution in [0.5, 0.6) is 0 Å². The third-order valence-corrected chi connectivity index (χ3v) is 6.55. The summed E-state index contributed by atoms with van der Waals surface area (Å²) in [5.41, 5.74) is 1.64. The molecule has 0 N–H and O–H groups in total. The quantitative estimate of drug-likeness (QED) is 0.262. The monoisotopic (exact) mass is 400 g/mol. The molecule has 0 aromatic heterocycles. The molecule has 0 saturated heterocycles. The minimum absolute atomic E-state index is 0.207. The number of rotatable bonds is 9. The molecule has 0 spiro atoms. The first kappa shape index (κ1) is 22.9. The maximum atomic E-state index is 12.0. The lowest BCUT2D eigenvalue weighted by atomic mass is 9.76. The van der Waals surface area contributed by atoms with Gasteiger partial charge in [0, 0.05) is 18.8 Å². The summed E-state index contributed by atoms with van der Waals surface area (Å²) in [6, 6.07) is 10.8. The van der Waals surface area contributed by atoms with E-state index in [1.807, 2.05) is 0 Å². The molecule has 2 nitrogen and oxygen atoms in total. The summed E-state index contributed by atoms with van der Waals surface area (Å²) in [4.78, 5) is 12.0. The van der Waals surface area contributed by atoms with Crippen LogP contribution < -0.4 is 0 Å². The molecule has 2 unspecified atom stereocenters. The predicted octanol–water partition coefficient (Wildman–Crippen LogP) is 6.70. The first-order chi connectivity index (χ1) is 13.3. The van der Waals surface area contributed by atoms with E-state index in [1.54, 1.807) is 0 Å². The number of Topliss-reactive ketones (excluding diaryl/α,β-unsaturated/α-hetero) is 1. The zero-order chi connectivity index (χ0) is 20.6. The number of carbonyl (C=O) groups is 1. The summed E-state index contributed by atoms with van der Waals surface area (Å²) < 4.78 is 6.39. The fourth-order valence-electron chi connectivity index (χ4n) is 4.11. The number of unbranched alkanes of at least 4 members (excludes halogenated alkanes) is 1. The van der Waals surface area contributed by atoms with Crippen molar-refractivity contribution in [1.29, 1.82) is 0 Å². The molecule has 0 bridgehead atoms. The maximum absolute atomic E-state index is 12.0. The summed E-state index contributed by atoms with van der Waals surface area (Å²) in [6.07, 6.45) is 10.8. The lowest BCUT2D eigenvalue weighted by molar-refractivity contribution is -0.121. The average molecular weight is 401 g/mol. The van der Waals surface area contributed by atoms with Crippen molar-refractivity contribution in [2.24, 2.45) is 17.3 Å². The van der Waals surface area contributed by atoms with Crippen LogP contribution in [0.15, 0.2) is 42.2 Å². The van der Waals surface area contributed by atoms with Gasteiger partial charge >= 0.3 is 0 Å². The molecular formula is C25H40O2Si. The van der Waals surface area contributed by atoms with Crippen molar-refractivity contribution in [2.45, 2.75) is 85.2 Å². The molecule has 1 aromatic rings. The SMILES string of the molecule is C[SiH](C)OC(=CC(CCCCc1ccccc1)C(C)(C)C)C1CCCC(=O)C1. The molecule has 28 heavy (non-hydrogen) atoms. The van der Waals surface area contributed by atoms with Gasteiger partial charge in [-0.2, -0.15) is 0 Å². The first-order valence-corrected chi connectivity index (χ1v) is 14.0. The van der Waals surface area contributed by atoms with Gasteiger partial charge in [0.15, 0.2) is 0 Å². The zero-order valence-electron chi connectivity index (χ0n) is 18.7. The molecule has 0 radical (unpaired) electrons. The van der Waals surface area contributed by atoms with Gasteiger partial charge in [-0.3, -0.25) is 4.79 Å². The van der Waals surface area contributed by atoms with E-state index in [4.69, 9.17) is 4.43 Å². The van der Waals surface area contributed by atoms with Crippen LogP contribution in [0.3, 0.4) is 0 Å². The Hall–Kier alpha value is -1.35. The van der Waals surface area contributed by atoms with Crippen molar-refractivity contribution >= 4 is 14.8 Å². The molecule has 2 rings (SSSR count). The van der Waals surface area contributed by atoms with E-state index in [0.29, 0.717) is 24.0 Å². The van der Waals surface area contributed by atoms with Gasteiger partial charge in [-0.1, -0.05) is 57.5 Å². The molecule has 1 saturated carbocycles. The largest absolute Gasteiger partial charge is 0.550 e. The van der Waals surface area contributed by atoms with Gasteiger partial charge in [0.2, 0.25) is 9.04 Å². The predicted molar refractivity (Wildman–Crippen MR) is 122 cm³/mol. The normalized spacial score (nSPS) is 19.7. The highest BCUT2D eigenvalue weighted by molar-refractivity contribution is 6.48. The Labute approximate surface area is 174 Å². The van der Waals surface area contributed by atoms with Gasteiger partial charge in [0.1, 0.15) is 5.78 Å². The molecule has 1 fully saturated rings. The van der Waals surface area contributed by atoms with Crippen molar-refractivity contribution in [3.63, 3.8) is 0 Å². The van der Waals surface area contributed by atoms with Gasteiger partial charge in [0.05, 0.1) is 5.76 Å². The van der Waals surface area contributed by atoms with E-state index >= 15 is 0 Å². The summed E-state index contributed by atoms with van der Waals surface area (Å²) in [5, 5.41) is 0. The highest BCUT2D eigenvalue weighted by atomic mass is 28.3. The highest BCUT2D eigenvalue weighted by Crippen LogP contribution is 2.36. The molecule has 1 aromatic carbocycles. The second-order valence-corrected chi connectivity index (χ2v) is 12.1. The minimum Gasteiger partial charge on any atom is -0.550 e. The second-order valence-electron chi connectivity index (χ2n) is 9.77. The van der Waals surface area contributed by atoms with E-state index in [9.17, 15) is 4.79 Å². The number of benzene rings is 1. The van der Waals surface area contributed by atoms with Gasteiger partial charge in [-0.15, -0.1) is 0 Å². The van der Waals surface area contributed by atoms with Crippen LogP contribution in [-0.4, -0.2) is 14.8 Å². The molecule has 0 aliphatic heterocycles. The minimum atomic E-state index is -1.19. The Morgan fingerprint density at radius 3 is 2.54 bits per heavy atom. The van der Waals surface area contributed by atoms with Crippen LogP contribution in [-0.2, 0) is 15.6 Å². The fraction of sp³-hybridized carbons (Fsp3) is 0.640. The zero-order valence-corrected chi connectivity index (χ0v) is 19.8. The van der Waals surface area contributed by atoms with E-state index < -0.39 is 9.04 Å². The van der Waals surface area contributed by atoms with Gasteiger partial charge in [0.25, 0.3) is 0 Å². The molecule has 2 atom stereocenters. The van der Waals surface area contributed by atoms with Gasteiger partial charge < -0.3 is 4.43 Å². The third kappa shape index (κ3) is 7.95. The summed E-state index contributed by atoms with van der Waals surface area (Å²) in [5.74, 6) is 2.34. The average Bonchev–Trinajstić information content (AvgIpc) is 2.63. The molecule has 0 amide bonds. The number of hydrogen-bond donors (Lipinski definition) is 0. The van der Waals surface area contributed by atoms with E-state index in [1.165, 1.54) is 24.8 Å². The maximum Gasteiger partial charge on any atom is 0.229 e. The topological polar surface area (TPSA) is 26.3 Å². The van der Waals surface area contributed by atoms with Crippen LogP contribution in [0.2, 0.25) is 13.1 Å². The Morgan fingerprint density at radius 2 is 1.93 bits per heavy atom. The van der Waals surface area contributed by atoms with Crippen LogP contribution in [0.4, 0.5) is 0 Å². The van der Waals surface area contributed by atoms with Crippen LogP contribution in [0.25, 0.3) is 0 Å². The number of allylic oxidation sites excluding steroid dienone is 2. The highest BCUT2D eigenvalue weighted by Gasteiger charge is 2.28. The van der Waals surface area contributed by atoms with E-state index in [0.717, 1.165) is 31.4 Å². The van der Waals surface area contributed by atoms with Crippen molar-refractivity contribution in [2.75, 3.05) is 0 Å². The molecule has 0 heterocycles. The Balaban J connectivity index is 2.04. The summed E-state index contributed by atoms with van der Waals surface area (Å²) >= 11 is 0. The number of aryl methyl sites for hydroxylation is 1. The van der Waals surface area contributed by atoms with Crippen LogP contribution in [0.1, 0.15) is 71.3 Å². The summed E-state index contributed by atoms with van der Waals surface area (Å²) in [6.45, 7) is 11.5. The van der Waals surface area contributed by atoms with Crippen LogP contribution in [0, 0.1) is 17.3 Å². The Morgan fingerprint density at radius 1 is 1.21 bits per heavy atom. The van der Waals surface area contributed by atoms with Crippen molar-refractivity contribution in [1.82, 2.24) is 0 Å². The smallest absolute Gasteiger partial charge is 0.229 e. The molecule has 156 valence electrons. The van der Waals surface area contributed by atoms with Crippen LogP contribution >= 0.6 is 0 Å². The number of hydrogen-bond acceptors (Lipinski definition) is 2. The lowest BCUT2D eigenvalue weighted by Gasteiger charge is -2.32. The molecular weight excluding hydrogens is 360 g/mol. The molecule has 3 heteroatoms. The van der Waals surface area contributed by atoms with Crippen molar-refractivity contribution in [3.05, 3.63) is 47.7 Å². The Bertz CT molecular complexity index is 628. The third-order valence-electron chi connectivity index (χ3n) is 5.81. The van der Waals surface area contributed by atoms with Crippen molar-refractivity contribution < 1.29 is 9.22 Å². The van der Waals surface area contributed by atoms with Gasteiger partial charge in [-0.05, 0) is 68.2 Å². The van der Waals surface area contributed by atoms with Gasteiger partial charge in [-0.25, -0.2) is 0 Å². The Kier molecular flexibility index (Phi) is 9.00.